The second kappa shape index (κ2) is 13.1. The zero-order valence-electron chi connectivity index (χ0n) is 24.8. The summed E-state index contributed by atoms with van der Waals surface area (Å²) < 4.78 is 83.1. The number of aryl methyl sites for hydroxylation is 1. The molecule has 0 saturated carbocycles. The number of alkyl halides is 3. The third-order valence-electron chi connectivity index (χ3n) is 6.05. The predicted octanol–water partition coefficient (Wildman–Crippen LogP) is 4.68. The largest absolute Gasteiger partial charge is 0.569 e. The Morgan fingerprint density at radius 2 is 1.72 bits per heavy atom. The fourth-order valence-corrected chi connectivity index (χ4v) is 4.75. The van der Waals surface area contributed by atoms with Crippen molar-refractivity contribution in [1.82, 2.24) is 19.5 Å². The number of rotatable bonds is 9. The van der Waals surface area contributed by atoms with E-state index in [1.807, 2.05) is 6.92 Å². The Labute approximate surface area is 260 Å². The van der Waals surface area contributed by atoms with Gasteiger partial charge in [0.25, 0.3) is 16.8 Å². The van der Waals surface area contributed by atoms with Gasteiger partial charge >= 0.3 is 18.4 Å². The topological polar surface area (TPSA) is 177 Å². The molecule has 0 atom stereocenters. The van der Waals surface area contributed by atoms with Crippen LogP contribution in [0, 0.1) is 12.1 Å². The minimum Gasteiger partial charge on any atom is -0.569 e. The Bertz CT molecular complexity index is 1700. The first-order valence-electron chi connectivity index (χ1n) is 13.4. The number of sulfonamides is 1. The quantitative estimate of drug-likeness (QED) is 0.0835. The molecule has 1 fully saturated rings. The standard InChI is InChI=1S/C27H29F3N6O9S/c1-17-5-7-18(8-6-17)22-13-23(27(28,29)30)31-35(22)19-9-11-21(12-10-19)46(40,41)32-24(37)44-20-14-34(15-20)36(39)33-43-16-42-25(38)45-26(2,3)4/h5-13,20H,14-16H2,1-4H3,(H,32,37)/b36-33+. The highest BCUT2D eigenvalue weighted by molar-refractivity contribution is 7.90. The van der Waals surface area contributed by atoms with Crippen LogP contribution in [0.5, 0.6) is 0 Å². The van der Waals surface area contributed by atoms with Gasteiger partial charge in [-0.3, -0.25) is 0 Å². The van der Waals surface area contributed by atoms with Gasteiger partial charge in [0.2, 0.25) is 5.28 Å². The maximum absolute atomic E-state index is 13.5. The van der Waals surface area contributed by atoms with Crippen LogP contribution in [-0.2, 0) is 35.2 Å². The molecule has 0 unspecified atom stereocenters. The molecule has 0 spiro atoms. The molecule has 0 bridgehead atoms. The lowest BCUT2D eigenvalue weighted by Crippen LogP contribution is -2.56. The van der Waals surface area contributed by atoms with E-state index in [2.05, 4.69) is 20.0 Å². The van der Waals surface area contributed by atoms with Crippen molar-refractivity contribution in [2.75, 3.05) is 19.9 Å². The summed E-state index contributed by atoms with van der Waals surface area (Å²) in [5.41, 5.74) is -0.301. The van der Waals surface area contributed by atoms with E-state index in [9.17, 15) is 36.4 Å². The Kier molecular flexibility index (Phi) is 9.64. The molecule has 4 rings (SSSR count). The number of amides is 1. The van der Waals surface area contributed by atoms with Gasteiger partial charge in [-0.2, -0.15) is 18.3 Å². The van der Waals surface area contributed by atoms with Gasteiger partial charge in [-0.1, -0.05) is 29.8 Å². The first-order valence-corrected chi connectivity index (χ1v) is 14.9. The first-order chi connectivity index (χ1) is 21.4. The van der Waals surface area contributed by atoms with Crippen molar-refractivity contribution in [3.8, 4) is 16.9 Å². The Morgan fingerprint density at radius 3 is 2.30 bits per heavy atom. The van der Waals surface area contributed by atoms with Gasteiger partial charge in [0, 0.05) is 5.56 Å². The van der Waals surface area contributed by atoms with E-state index < -0.39 is 52.6 Å². The number of nitrogens with one attached hydrogen (secondary N) is 1. The zero-order chi connectivity index (χ0) is 33.9. The second-order valence-electron chi connectivity index (χ2n) is 10.9. The normalized spacial score (nSPS) is 14.3. The van der Waals surface area contributed by atoms with E-state index >= 15 is 0 Å². The van der Waals surface area contributed by atoms with Crippen LogP contribution in [-0.4, -0.2) is 72.0 Å². The summed E-state index contributed by atoms with van der Waals surface area (Å²) in [5, 5.41) is 19.8. The van der Waals surface area contributed by atoms with E-state index in [0.29, 0.717) is 5.56 Å². The summed E-state index contributed by atoms with van der Waals surface area (Å²) in [6.45, 7) is 5.69. The van der Waals surface area contributed by atoms with Crippen LogP contribution < -0.4 is 4.72 Å². The number of benzene rings is 2. The van der Waals surface area contributed by atoms with Crippen molar-refractivity contribution in [3.63, 3.8) is 0 Å². The Balaban J connectivity index is 1.32. The van der Waals surface area contributed by atoms with E-state index in [1.54, 1.807) is 49.8 Å². The van der Waals surface area contributed by atoms with Gasteiger partial charge in [0.05, 0.1) is 21.2 Å². The fraction of sp³-hybridized carbons (Fsp3) is 0.370. The smallest absolute Gasteiger partial charge is 0.511 e. The summed E-state index contributed by atoms with van der Waals surface area (Å²) in [6, 6.07) is 12.3. The van der Waals surface area contributed by atoms with Crippen molar-refractivity contribution < 1.29 is 55.2 Å². The molecule has 1 amide bonds. The Hall–Kier alpha value is -5.07. The number of nitrogens with zero attached hydrogens (tertiary/aromatic N) is 5. The van der Waals surface area contributed by atoms with E-state index in [-0.39, 0.29) is 34.3 Å². The predicted molar refractivity (Wildman–Crippen MR) is 150 cm³/mol. The van der Waals surface area contributed by atoms with Gasteiger partial charge in [-0.25, -0.2) is 27.4 Å². The van der Waals surface area contributed by atoms with Gasteiger partial charge in [-0.15, -0.1) is 5.01 Å². The van der Waals surface area contributed by atoms with Crippen molar-refractivity contribution in [2.45, 2.75) is 50.5 Å². The lowest BCUT2D eigenvalue weighted by Gasteiger charge is -2.33. The monoisotopic (exact) mass is 670 g/mol. The number of halogens is 3. The van der Waals surface area contributed by atoms with E-state index in [1.165, 1.54) is 12.1 Å². The van der Waals surface area contributed by atoms with Crippen LogP contribution in [0.1, 0.15) is 32.0 Å². The number of carbonyl (C=O) groups excluding carboxylic acids is 2. The van der Waals surface area contributed by atoms with Crippen molar-refractivity contribution >= 4 is 22.3 Å². The lowest BCUT2D eigenvalue weighted by molar-refractivity contribution is -0.727. The van der Waals surface area contributed by atoms with E-state index in [0.717, 1.165) is 33.5 Å². The molecule has 0 aliphatic carbocycles. The van der Waals surface area contributed by atoms with Gasteiger partial charge in [0.1, 0.15) is 24.8 Å². The van der Waals surface area contributed by atoms with Crippen LogP contribution in [0.25, 0.3) is 16.9 Å². The molecule has 46 heavy (non-hydrogen) atoms. The molecular weight excluding hydrogens is 641 g/mol. The average Bonchev–Trinajstić information content (AvgIpc) is 3.38. The number of hydrogen-bond acceptors (Lipinski definition) is 11. The average molecular weight is 671 g/mol. The molecule has 1 aliphatic rings. The molecule has 2 heterocycles. The van der Waals surface area contributed by atoms with Gasteiger partial charge in [-0.05, 0) is 58.0 Å². The summed E-state index contributed by atoms with van der Waals surface area (Å²) in [7, 11) is -4.45. The SMILES string of the molecule is Cc1ccc(-c2cc(C(F)(F)F)nn2-c2ccc(S(=O)(=O)NC(=O)OC3CN(/[N+]([O-])=N\OCOC(=O)OC(C)(C)C)C3)cc2)cc1. The van der Waals surface area contributed by atoms with Crippen LogP contribution in [0.3, 0.4) is 0 Å². The van der Waals surface area contributed by atoms with Crippen molar-refractivity contribution in [1.29, 1.82) is 0 Å². The maximum Gasteiger partial charge on any atom is 0.511 e. The number of hydrazine groups is 1. The molecule has 1 aromatic heterocycles. The summed E-state index contributed by atoms with van der Waals surface area (Å²) >= 11 is 0. The number of ether oxygens (including phenoxy) is 3. The number of aromatic nitrogens is 2. The molecule has 1 N–H and O–H groups in total. The molecule has 248 valence electrons. The molecule has 2 aromatic carbocycles. The van der Waals surface area contributed by atoms with Crippen LogP contribution in [0.15, 0.2) is 64.8 Å². The highest BCUT2D eigenvalue weighted by atomic mass is 32.2. The van der Waals surface area contributed by atoms with Crippen LogP contribution in [0.4, 0.5) is 22.8 Å². The van der Waals surface area contributed by atoms with E-state index in [4.69, 9.17) is 9.47 Å². The molecule has 1 saturated heterocycles. The van der Waals surface area contributed by atoms with Crippen molar-refractivity contribution in [2.24, 2.45) is 5.28 Å². The van der Waals surface area contributed by atoms with Crippen molar-refractivity contribution in [3.05, 3.63) is 71.1 Å². The number of carbonyl (C=O) groups is 2. The highest BCUT2D eigenvalue weighted by Gasteiger charge is 2.38. The van der Waals surface area contributed by atoms with Crippen LogP contribution >= 0.6 is 0 Å². The first kappa shape index (κ1) is 33.8. The second-order valence-corrected chi connectivity index (χ2v) is 12.6. The number of hydrogen-bond donors (Lipinski definition) is 1. The van der Waals surface area contributed by atoms with Gasteiger partial charge < -0.3 is 24.3 Å². The highest BCUT2D eigenvalue weighted by Crippen LogP contribution is 2.33. The zero-order valence-corrected chi connectivity index (χ0v) is 25.7. The summed E-state index contributed by atoms with van der Waals surface area (Å²) in [4.78, 5) is 27.9. The summed E-state index contributed by atoms with van der Waals surface area (Å²) in [5.74, 6) is 0. The molecule has 3 aromatic rings. The third-order valence-corrected chi connectivity index (χ3v) is 7.38. The lowest BCUT2D eigenvalue weighted by atomic mass is 10.1. The van der Waals surface area contributed by atoms with Gasteiger partial charge in [0.15, 0.2) is 5.69 Å². The minimum atomic E-state index is -4.72. The minimum absolute atomic E-state index is 0.0238. The molecular formula is C27H29F3N6O9S. The maximum atomic E-state index is 13.5. The molecule has 15 nitrogen and oxygen atoms in total. The third kappa shape index (κ3) is 8.77. The fourth-order valence-electron chi connectivity index (χ4n) is 3.87. The molecule has 19 heteroatoms. The molecule has 1 aliphatic heterocycles. The Morgan fingerprint density at radius 1 is 1.09 bits per heavy atom. The van der Waals surface area contributed by atoms with Crippen LogP contribution in [0.2, 0.25) is 0 Å². The summed E-state index contributed by atoms with van der Waals surface area (Å²) in [6.07, 6.45) is -7.94. The molecule has 0 radical (unpaired) electrons.